The van der Waals surface area contributed by atoms with Gasteiger partial charge in [-0.15, -0.1) is 0 Å². The summed E-state index contributed by atoms with van der Waals surface area (Å²) in [5.41, 5.74) is -0.350. The van der Waals surface area contributed by atoms with Gasteiger partial charge in [-0.25, -0.2) is 0 Å². The molecule has 14 heavy (non-hydrogen) atoms. The molecule has 1 N–H and O–H groups in total. The maximum absolute atomic E-state index is 5.61. The molecule has 2 heterocycles. The lowest BCUT2D eigenvalue weighted by molar-refractivity contribution is 0.00768. The van der Waals surface area contributed by atoms with E-state index in [4.69, 9.17) is 9.26 Å². The third-order valence-corrected chi connectivity index (χ3v) is 2.45. The first-order valence-electron chi connectivity index (χ1n) is 4.96. The fourth-order valence-electron chi connectivity index (χ4n) is 1.62. The van der Waals surface area contributed by atoms with Crippen LogP contribution < -0.4 is 5.32 Å². The molecule has 1 aliphatic heterocycles. The standard InChI is InChI=1S/C9H15N3O2/c1-3-10-8-11-7(12-14-8)9(2)5-4-6-13-9/h3-6H2,1-2H3,(H,10,11,12). The van der Waals surface area contributed by atoms with Crippen molar-refractivity contribution in [2.45, 2.75) is 32.3 Å². The third-order valence-electron chi connectivity index (χ3n) is 2.45. The summed E-state index contributed by atoms with van der Waals surface area (Å²) >= 11 is 0. The van der Waals surface area contributed by atoms with Crippen LogP contribution in [-0.4, -0.2) is 23.3 Å². The van der Waals surface area contributed by atoms with Crippen molar-refractivity contribution in [3.8, 4) is 0 Å². The number of hydrogen-bond donors (Lipinski definition) is 1. The molecule has 5 heteroatoms. The SMILES string of the molecule is CCNc1nc(C2(C)CCCO2)no1. The fraction of sp³-hybridized carbons (Fsp3) is 0.778. The Hall–Kier alpha value is -1.10. The van der Waals surface area contributed by atoms with Crippen LogP contribution >= 0.6 is 0 Å². The highest BCUT2D eigenvalue weighted by molar-refractivity contribution is 5.19. The van der Waals surface area contributed by atoms with Crippen LogP contribution in [0, 0.1) is 0 Å². The highest BCUT2D eigenvalue weighted by Crippen LogP contribution is 2.33. The Morgan fingerprint density at radius 1 is 1.57 bits per heavy atom. The van der Waals surface area contributed by atoms with E-state index in [9.17, 15) is 0 Å². The van der Waals surface area contributed by atoms with Crippen LogP contribution in [0.3, 0.4) is 0 Å². The number of anilines is 1. The van der Waals surface area contributed by atoms with Crippen LogP contribution in [0.2, 0.25) is 0 Å². The first kappa shape index (κ1) is 9.45. The Bertz CT molecular complexity index is 305. The second-order valence-electron chi connectivity index (χ2n) is 3.64. The van der Waals surface area contributed by atoms with Gasteiger partial charge in [-0.3, -0.25) is 0 Å². The van der Waals surface area contributed by atoms with E-state index in [1.807, 2.05) is 13.8 Å². The van der Waals surface area contributed by atoms with Crippen LogP contribution in [0.5, 0.6) is 0 Å². The van der Waals surface area contributed by atoms with Crippen molar-refractivity contribution in [2.24, 2.45) is 0 Å². The molecule has 0 spiro atoms. The van der Waals surface area contributed by atoms with Crippen molar-refractivity contribution in [1.82, 2.24) is 10.1 Å². The predicted octanol–water partition coefficient (Wildman–Crippen LogP) is 1.53. The fourth-order valence-corrected chi connectivity index (χ4v) is 1.62. The second-order valence-corrected chi connectivity index (χ2v) is 3.64. The van der Waals surface area contributed by atoms with E-state index in [2.05, 4.69) is 15.5 Å². The van der Waals surface area contributed by atoms with Gasteiger partial charge in [-0.2, -0.15) is 4.98 Å². The van der Waals surface area contributed by atoms with Crippen LogP contribution in [0.25, 0.3) is 0 Å². The molecule has 1 unspecified atom stereocenters. The van der Waals surface area contributed by atoms with E-state index in [-0.39, 0.29) is 5.60 Å². The molecule has 5 nitrogen and oxygen atoms in total. The van der Waals surface area contributed by atoms with E-state index in [1.165, 1.54) is 0 Å². The summed E-state index contributed by atoms with van der Waals surface area (Å²) in [4.78, 5) is 4.24. The number of aromatic nitrogens is 2. The third kappa shape index (κ3) is 1.59. The van der Waals surface area contributed by atoms with Gasteiger partial charge in [0, 0.05) is 13.2 Å². The maximum Gasteiger partial charge on any atom is 0.321 e. The summed E-state index contributed by atoms with van der Waals surface area (Å²) in [5, 5.41) is 6.89. The molecule has 1 aliphatic rings. The molecule has 1 saturated heterocycles. The highest BCUT2D eigenvalue weighted by Gasteiger charge is 2.36. The van der Waals surface area contributed by atoms with Gasteiger partial charge in [-0.05, 0) is 26.7 Å². The van der Waals surface area contributed by atoms with Gasteiger partial charge >= 0.3 is 6.01 Å². The van der Waals surface area contributed by atoms with Gasteiger partial charge in [0.25, 0.3) is 0 Å². The van der Waals surface area contributed by atoms with Gasteiger partial charge in [0.1, 0.15) is 5.60 Å². The minimum atomic E-state index is -0.350. The Kier molecular flexibility index (Phi) is 2.41. The number of nitrogens with one attached hydrogen (secondary N) is 1. The van der Waals surface area contributed by atoms with Crippen molar-refractivity contribution in [2.75, 3.05) is 18.5 Å². The monoisotopic (exact) mass is 197 g/mol. The number of ether oxygens (including phenoxy) is 1. The van der Waals surface area contributed by atoms with E-state index >= 15 is 0 Å². The van der Waals surface area contributed by atoms with Crippen LogP contribution in [0.15, 0.2) is 4.52 Å². The van der Waals surface area contributed by atoms with E-state index in [1.54, 1.807) is 0 Å². The van der Waals surface area contributed by atoms with E-state index in [0.29, 0.717) is 11.8 Å². The van der Waals surface area contributed by atoms with Crippen molar-refractivity contribution >= 4 is 6.01 Å². The van der Waals surface area contributed by atoms with Gasteiger partial charge in [-0.1, -0.05) is 5.16 Å². The first-order valence-corrected chi connectivity index (χ1v) is 4.96. The second kappa shape index (κ2) is 3.57. The summed E-state index contributed by atoms with van der Waals surface area (Å²) in [5.74, 6) is 0.644. The molecule has 1 atom stereocenters. The summed E-state index contributed by atoms with van der Waals surface area (Å²) in [7, 11) is 0. The molecular weight excluding hydrogens is 182 g/mol. The first-order chi connectivity index (χ1) is 6.74. The molecule has 0 radical (unpaired) electrons. The normalized spacial score (nSPS) is 26.7. The Morgan fingerprint density at radius 3 is 3.07 bits per heavy atom. The van der Waals surface area contributed by atoms with E-state index < -0.39 is 0 Å². The Morgan fingerprint density at radius 2 is 2.43 bits per heavy atom. The zero-order valence-electron chi connectivity index (χ0n) is 8.54. The number of nitrogens with zero attached hydrogens (tertiary/aromatic N) is 2. The molecule has 0 bridgehead atoms. The quantitative estimate of drug-likeness (QED) is 0.796. The molecule has 0 aliphatic carbocycles. The Labute approximate surface area is 82.8 Å². The summed E-state index contributed by atoms with van der Waals surface area (Å²) in [6.07, 6.45) is 2.01. The Balaban J connectivity index is 2.15. The molecule has 0 amide bonds. The molecule has 1 aromatic rings. The highest BCUT2D eigenvalue weighted by atomic mass is 16.5. The zero-order chi connectivity index (χ0) is 10.0. The molecule has 2 rings (SSSR count). The minimum absolute atomic E-state index is 0.350. The zero-order valence-corrected chi connectivity index (χ0v) is 8.54. The molecule has 1 aromatic heterocycles. The lowest BCUT2D eigenvalue weighted by Crippen LogP contribution is -2.21. The van der Waals surface area contributed by atoms with Gasteiger partial charge < -0.3 is 14.6 Å². The molecule has 78 valence electrons. The van der Waals surface area contributed by atoms with Crippen LogP contribution in [0.4, 0.5) is 6.01 Å². The number of hydrogen-bond acceptors (Lipinski definition) is 5. The van der Waals surface area contributed by atoms with Crippen LogP contribution in [0.1, 0.15) is 32.5 Å². The summed E-state index contributed by atoms with van der Waals surface area (Å²) in [6.45, 7) is 5.54. The molecular formula is C9H15N3O2. The van der Waals surface area contributed by atoms with Crippen molar-refractivity contribution in [3.63, 3.8) is 0 Å². The largest absolute Gasteiger partial charge is 0.367 e. The lowest BCUT2D eigenvalue weighted by atomic mass is 10.0. The lowest BCUT2D eigenvalue weighted by Gasteiger charge is -2.17. The van der Waals surface area contributed by atoms with Gasteiger partial charge in [0.15, 0.2) is 0 Å². The minimum Gasteiger partial charge on any atom is -0.367 e. The van der Waals surface area contributed by atoms with Crippen molar-refractivity contribution < 1.29 is 9.26 Å². The topological polar surface area (TPSA) is 60.2 Å². The maximum atomic E-state index is 5.61. The summed E-state index contributed by atoms with van der Waals surface area (Å²) in [6, 6.07) is 0.472. The summed E-state index contributed by atoms with van der Waals surface area (Å²) < 4.78 is 10.6. The average Bonchev–Trinajstić information content (AvgIpc) is 2.75. The predicted molar refractivity (Wildman–Crippen MR) is 51.0 cm³/mol. The molecule has 0 aromatic carbocycles. The molecule has 1 fully saturated rings. The van der Waals surface area contributed by atoms with Gasteiger partial charge in [0.2, 0.25) is 5.82 Å². The van der Waals surface area contributed by atoms with Gasteiger partial charge in [0.05, 0.1) is 0 Å². The van der Waals surface area contributed by atoms with Crippen molar-refractivity contribution in [1.29, 1.82) is 0 Å². The average molecular weight is 197 g/mol. The van der Waals surface area contributed by atoms with Crippen molar-refractivity contribution in [3.05, 3.63) is 5.82 Å². The smallest absolute Gasteiger partial charge is 0.321 e. The number of rotatable bonds is 3. The molecule has 0 saturated carbocycles. The van der Waals surface area contributed by atoms with E-state index in [0.717, 1.165) is 26.0 Å². The van der Waals surface area contributed by atoms with Crippen LogP contribution in [-0.2, 0) is 10.3 Å².